The van der Waals surface area contributed by atoms with Crippen molar-refractivity contribution in [1.82, 2.24) is 15.3 Å². The zero-order valence-corrected chi connectivity index (χ0v) is 10.6. The lowest BCUT2D eigenvalue weighted by Gasteiger charge is -2.13. The zero-order chi connectivity index (χ0) is 11.7. The molecular weight excluding hydrogens is 252 g/mol. The maximum atomic E-state index is 5.85. The summed E-state index contributed by atoms with van der Waals surface area (Å²) in [5.41, 5.74) is 7.45. The smallest absolute Gasteiger partial charge is 0.258 e. The Kier molecular flexibility index (Phi) is 3.84. The van der Waals surface area contributed by atoms with Gasteiger partial charge in [0, 0.05) is 6.54 Å². The first-order valence-corrected chi connectivity index (χ1v) is 5.72. The van der Waals surface area contributed by atoms with Crippen LogP contribution >= 0.6 is 12.4 Å². The van der Waals surface area contributed by atoms with Crippen molar-refractivity contribution in [3.8, 4) is 5.88 Å². The van der Waals surface area contributed by atoms with Gasteiger partial charge in [-0.2, -0.15) is 0 Å². The highest BCUT2D eigenvalue weighted by atomic mass is 35.5. The Morgan fingerprint density at radius 1 is 1.22 bits per heavy atom. The van der Waals surface area contributed by atoms with E-state index in [1.807, 2.05) is 24.3 Å². The molecule has 0 aliphatic carbocycles. The van der Waals surface area contributed by atoms with Crippen LogP contribution in [0.25, 0.3) is 11.0 Å². The van der Waals surface area contributed by atoms with Crippen LogP contribution in [0.2, 0.25) is 0 Å². The third-order valence-corrected chi connectivity index (χ3v) is 2.86. The second kappa shape index (κ2) is 5.37. The Labute approximate surface area is 111 Å². The molecule has 3 rings (SSSR count). The van der Waals surface area contributed by atoms with E-state index in [9.17, 15) is 0 Å². The number of anilines is 1. The van der Waals surface area contributed by atoms with E-state index in [-0.39, 0.29) is 18.5 Å². The average Bonchev–Trinajstić information content (AvgIpc) is 2.83. The summed E-state index contributed by atoms with van der Waals surface area (Å²) in [6.07, 6.45) is 1.13. The Morgan fingerprint density at radius 3 is 2.61 bits per heavy atom. The summed E-state index contributed by atoms with van der Waals surface area (Å²) in [7, 11) is 0. The molecule has 5 nitrogen and oxygen atoms in total. The molecule has 0 spiro atoms. The van der Waals surface area contributed by atoms with Gasteiger partial charge < -0.3 is 15.8 Å². The highest BCUT2D eigenvalue weighted by molar-refractivity contribution is 5.85. The molecule has 0 radical (unpaired) electrons. The summed E-state index contributed by atoms with van der Waals surface area (Å²) >= 11 is 0. The van der Waals surface area contributed by atoms with Gasteiger partial charge in [0.05, 0.1) is 11.0 Å². The van der Waals surface area contributed by atoms with Crippen molar-refractivity contribution in [2.75, 3.05) is 18.8 Å². The van der Waals surface area contributed by atoms with Crippen molar-refractivity contribution in [3.05, 3.63) is 24.3 Å². The molecule has 2 aromatic rings. The summed E-state index contributed by atoms with van der Waals surface area (Å²) in [4.78, 5) is 8.69. The first-order valence-electron chi connectivity index (χ1n) is 5.72. The van der Waals surface area contributed by atoms with Crippen LogP contribution in [0.3, 0.4) is 0 Å². The van der Waals surface area contributed by atoms with Crippen LogP contribution < -0.4 is 15.8 Å². The van der Waals surface area contributed by atoms with Crippen LogP contribution in [0.4, 0.5) is 5.82 Å². The summed E-state index contributed by atoms with van der Waals surface area (Å²) in [6.45, 7) is 1.82. The fourth-order valence-corrected chi connectivity index (χ4v) is 1.97. The lowest BCUT2D eigenvalue weighted by Crippen LogP contribution is -2.21. The van der Waals surface area contributed by atoms with Gasteiger partial charge >= 0.3 is 0 Å². The van der Waals surface area contributed by atoms with E-state index in [4.69, 9.17) is 10.5 Å². The van der Waals surface area contributed by atoms with Crippen molar-refractivity contribution >= 4 is 29.3 Å². The standard InChI is InChI=1S/C12H14N4O.ClH/c13-11-12(17-8-5-6-14-7-8)16-10-4-2-1-3-9(10)15-11;/h1-4,8,14H,5-7H2,(H2,13,15);1H/t8-;/m1./s1. The normalized spacial score (nSPS) is 18.6. The number of nitrogens with two attached hydrogens (primary N) is 1. The minimum atomic E-state index is 0. The molecule has 0 unspecified atom stereocenters. The van der Waals surface area contributed by atoms with Crippen molar-refractivity contribution in [3.63, 3.8) is 0 Å². The van der Waals surface area contributed by atoms with Crippen LogP contribution in [0, 0.1) is 0 Å². The van der Waals surface area contributed by atoms with Crippen LogP contribution in [0.15, 0.2) is 24.3 Å². The molecule has 1 aliphatic heterocycles. The van der Waals surface area contributed by atoms with Gasteiger partial charge in [0.1, 0.15) is 6.10 Å². The number of ether oxygens (including phenoxy) is 1. The largest absolute Gasteiger partial charge is 0.470 e. The lowest BCUT2D eigenvalue weighted by molar-refractivity contribution is 0.215. The Morgan fingerprint density at radius 2 is 1.94 bits per heavy atom. The molecule has 1 aliphatic rings. The second-order valence-electron chi connectivity index (χ2n) is 4.14. The Hall–Kier alpha value is -1.59. The SMILES string of the molecule is Cl.Nc1nc2ccccc2nc1O[C@@H]1CCNC1. The number of para-hydroxylation sites is 2. The molecule has 3 N–H and O–H groups in total. The van der Waals surface area contributed by atoms with Crippen molar-refractivity contribution in [2.45, 2.75) is 12.5 Å². The van der Waals surface area contributed by atoms with Crippen molar-refractivity contribution in [1.29, 1.82) is 0 Å². The monoisotopic (exact) mass is 266 g/mol. The van der Waals surface area contributed by atoms with Gasteiger partial charge in [0.25, 0.3) is 5.88 Å². The van der Waals surface area contributed by atoms with Crippen LogP contribution in [-0.2, 0) is 0 Å². The summed E-state index contributed by atoms with van der Waals surface area (Å²) in [5.74, 6) is 0.799. The fraction of sp³-hybridized carbons (Fsp3) is 0.333. The average molecular weight is 267 g/mol. The summed E-state index contributed by atoms with van der Waals surface area (Å²) in [5, 5.41) is 3.24. The molecule has 1 aromatic carbocycles. The number of nitrogen functional groups attached to an aromatic ring is 1. The van der Waals surface area contributed by atoms with Gasteiger partial charge in [-0.15, -0.1) is 12.4 Å². The number of hydrogen-bond acceptors (Lipinski definition) is 5. The number of benzene rings is 1. The van der Waals surface area contributed by atoms with Gasteiger partial charge in [-0.25, -0.2) is 9.97 Å². The van der Waals surface area contributed by atoms with E-state index in [1.165, 1.54) is 0 Å². The first kappa shape index (κ1) is 12.9. The van der Waals surface area contributed by atoms with E-state index < -0.39 is 0 Å². The Bertz CT molecular complexity index is 543. The van der Waals surface area contributed by atoms with E-state index in [1.54, 1.807) is 0 Å². The summed E-state index contributed by atoms with van der Waals surface area (Å²) < 4.78 is 5.75. The molecule has 1 atom stereocenters. The van der Waals surface area contributed by atoms with E-state index in [2.05, 4.69) is 15.3 Å². The molecule has 96 valence electrons. The van der Waals surface area contributed by atoms with Gasteiger partial charge in [-0.05, 0) is 25.1 Å². The number of fused-ring (bicyclic) bond motifs is 1. The number of aromatic nitrogens is 2. The molecule has 0 bridgehead atoms. The zero-order valence-electron chi connectivity index (χ0n) is 9.80. The molecule has 1 saturated heterocycles. The number of hydrogen-bond donors (Lipinski definition) is 2. The van der Waals surface area contributed by atoms with E-state index in [0.29, 0.717) is 11.7 Å². The van der Waals surface area contributed by atoms with E-state index >= 15 is 0 Å². The molecule has 1 aromatic heterocycles. The molecule has 1 fully saturated rings. The summed E-state index contributed by atoms with van der Waals surface area (Å²) in [6, 6.07) is 7.63. The van der Waals surface area contributed by atoms with Crippen LogP contribution in [0.5, 0.6) is 5.88 Å². The number of nitrogens with zero attached hydrogens (tertiary/aromatic N) is 2. The third kappa shape index (κ3) is 2.47. The molecule has 18 heavy (non-hydrogen) atoms. The molecule has 0 amide bonds. The van der Waals surface area contributed by atoms with Gasteiger partial charge in [-0.1, -0.05) is 12.1 Å². The maximum absolute atomic E-state index is 5.85. The molecular formula is C12H15ClN4O. The number of halogens is 1. The molecule has 6 heteroatoms. The fourth-order valence-electron chi connectivity index (χ4n) is 1.97. The minimum Gasteiger partial charge on any atom is -0.470 e. The van der Waals surface area contributed by atoms with Gasteiger partial charge in [0.15, 0.2) is 5.82 Å². The quantitative estimate of drug-likeness (QED) is 0.859. The number of nitrogens with one attached hydrogen (secondary N) is 1. The van der Waals surface area contributed by atoms with Crippen molar-refractivity contribution < 1.29 is 4.74 Å². The molecule has 0 saturated carbocycles. The third-order valence-electron chi connectivity index (χ3n) is 2.86. The van der Waals surface area contributed by atoms with Gasteiger partial charge in [-0.3, -0.25) is 0 Å². The van der Waals surface area contributed by atoms with Gasteiger partial charge in [0.2, 0.25) is 0 Å². The first-order chi connectivity index (χ1) is 8.33. The lowest BCUT2D eigenvalue weighted by atomic mass is 10.3. The Balaban J connectivity index is 0.00000120. The number of rotatable bonds is 2. The molecule has 2 heterocycles. The second-order valence-corrected chi connectivity index (χ2v) is 4.14. The highest BCUT2D eigenvalue weighted by Crippen LogP contribution is 2.22. The minimum absolute atomic E-state index is 0. The predicted molar refractivity (Wildman–Crippen MR) is 73.1 cm³/mol. The van der Waals surface area contributed by atoms with Crippen LogP contribution in [-0.4, -0.2) is 29.2 Å². The predicted octanol–water partition coefficient (Wildman–Crippen LogP) is 1.37. The highest BCUT2D eigenvalue weighted by Gasteiger charge is 2.18. The van der Waals surface area contributed by atoms with E-state index in [0.717, 1.165) is 30.5 Å². The van der Waals surface area contributed by atoms with Crippen LogP contribution in [0.1, 0.15) is 6.42 Å². The maximum Gasteiger partial charge on any atom is 0.258 e. The topological polar surface area (TPSA) is 73.1 Å². The van der Waals surface area contributed by atoms with Crippen molar-refractivity contribution in [2.24, 2.45) is 0 Å².